The number of aromatic nitrogens is 2. The van der Waals surface area contributed by atoms with Gasteiger partial charge >= 0.3 is 0 Å². The van der Waals surface area contributed by atoms with Gasteiger partial charge in [-0.3, -0.25) is 10.5 Å². The topological polar surface area (TPSA) is 79.1 Å². The first-order valence-electron chi connectivity index (χ1n) is 5.09. The number of nitrogens with zero attached hydrogens (tertiary/aromatic N) is 2. The molecule has 0 atom stereocenters. The molecule has 0 bridgehead atoms. The minimum Gasteiger partial charge on any atom is -0.375 e. The van der Waals surface area contributed by atoms with Gasteiger partial charge in [-0.1, -0.05) is 0 Å². The van der Waals surface area contributed by atoms with Crippen LogP contribution in [0.4, 0.5) is 0 Å². The van der Waals surface area contributed by atoms with E-state index in [0.29, 0.717) is 0 Å². The smallest absolute Gasteiger partial charge is 0.184 e. The number of H-pyrrole nitrogens is 1. The molecule has 5 nitrogen and oxygen atoms in total. The van der Waals surface area contributed by atoms with Crippen LogP contribution in [-0.2, 0) is 6.42 Å². The molecule has 0 aliphatic rings. The summed E-state index contributed by atoms with van der Waals surface area (Å²) in [4.78, 5) is 0. The van der Waals surface area contributed by atoms with E-state index < -0.39 is 0 Å². The van der Waals surface area contributed by atoms with Gasteiger partial charge in [-0.15, -0.1) is 0 Å². The molecule has 1 aromatic rings. The van der Waals surface area contributed by atoms with Gasteiger partial charge in [0, 0.05) is 11.4 Å². The van der Waals surface area contributed by atoms with Crippen LogP contribution in [0.25, 0.3) is 0 Å². The zero-order chi connectivity index (χ0) is 12.1. The van der Waals surface area contributed by atoms with Crippen LogP contribution in [0.3, 0.4) is 0 Å². The Morgan fingerprint density at radius 3 is 2.75 bits per heavy atom. The van der Waals surface area contributed by atoms with Crippen LogP contribution in [-0.4, -0.2) is 21.0 Å². The first-order valence-corrected chi connectivity index (χ1v) is 5.50. The van der Waals surface area contributed by atoms with Gasteiger partial charge in [-0.2, -0.15) is 10.2 Å². The molecule has 1 rings (SSSR count). The van der Waals surface area contributed by atoms with E-state index in [0.717, 1.165) is 29.9 Å². The van der Waals surface area contributed by atoms with Crippen LogP contribution in [0.2, 0.25) is 0 Å². The standard InChI is InChI=1S/C10H17N5S/c1-6(12-15-10(11)16)4-5-9-7(2)13-14-8(9)3/h4-5H2,1-3H3,(H,13,14)(H3,11,15,16). The van der Waals surface area contributed by atoms with Crippen LogP contribution >= 0.6 is 12.2 Å². The molecule has 0 saturated heterocycles. The SMILES string of the molecule is CC(CCc1c(C)n[nH]c1C)=NNC(N)=S. The highest BCUT2D eigenvalue weighted by atomic mass is 32.1. The lowest BCUT2D eigenvalue weighted by Crippen LogP contribution is -2.25. The largest absolute Gasteiger partial charge is 0.375 e. The van der Waals surface area contributed by atoms with Crippen molar-refractivity contribution in [3.05, 3.63) is 17.0 Å². The maximum Gasteiger partial charge on any atom is 0.184 e. The summed E-state index contributed by atoms with van der Waals surface area (Å²) >= 11 is 4.66. The van der Waals surface area contributed by atoms with Gasteiger partial charge in [0.25, 0.3) is 0 Å². The van der Waals surface area contributed by atoms with Crippen LogP contribution in [0.15, 0.2) is 5.10 Å². The number of hydrogen-bond acceptors (Lipinski definition) is 3. The lowest BCUT2D eigenvalue weighted by atomic mass is 10.1. The Labute approximate surface area is 100 Å². The highest BCUT2D eigenvalue weighted by Crippen LogP contribution is 2.11. The number of thiocarbonyl (C=S) groups is 1. The number of aryl methyl sites for hydroxylation is 2. The average Bonchev–Trinajstić information content (AvgIpc) is 2.53. The average molecular weight is 239 g/mol. The van der Waals surface area contributed by atoms with E-state index in [4.69, 9.17) is 5.73 Å². The van der Waals surface area contributed by atoms with E-state index in [1.165, 1.54) is 5.56 Å². The third-order valence-corrected chi connectivity index (χ3v) is 2.47. The van der Waals surface area contributed by atoms with E-state index in [1.54, 1.807) is 0 Å². The van der Waals surface area contributed by atoms with E-state index in [-0.39, 0.29) is 5.11 Å². The van der Waals surface area contributed by atoms with Crippen LogP contribution in [0.1, 0.15) is 30.3 Å². The maximum atomic E-state index is 5.28. The molecular formula is C10H17N5S. The minimum atomic E-state index is 0.190. The third kappa shape index (κ3) is 3.62. The molecule has 6 heteroatoms. The Morgan fingerprint density at radius 1 is 1.56 bits per heavy atom. The third-order valence-electron chi connectivity index (χ3n) is 2.37. The van der Waals surface area contributed by atoms with E-state index in [9.17, 15) is 0 Å². The summed E-state index contributed by atoms with van der Waals surface area (Å²) in [6.07, 6.45) is 1.78. The molecule has 0 aliphatic heterocycles. The van der Waals surface area contributed by atoms with Gasteiger partial charge in [-0.25, -0.2) is 0 Å². The summed E-state index contributed by atoms with van der Waals surface area (Å²) in [6, 6.07) is 0. The van der Waals surface area contributed by atoms with Gasteiger partial charge in [0.05, 0.1) is 5.69 Å². The minimum absolute atomic E-state index is 0.190. The van der Waals surface area contributed by atoms with Crippen molar-refractivity contribution in [1.29, 1.82) is 0 Å². The molecule has 0 radical (unpaired) electrons. The Hall–Kier alpha value is -1.43. The molecule has 1 heterocycles. The summed E-state index contributed by atoms with van der Waals surface area (Å²) in [7, 11) is 0. The monoisotopic (exact) mass is 239 g/mol. The van der Waals surface area contributed by atoms with Gasteiger partial charge in [0.1, 0.15) is 0 Å². The molecule has 0 aromatic carbocycles. The Balaban J connectivity index is 2.52. The summed E-state index contributed by atoms with van der Waals surface area (Å²) in [5, 5.41) is 11.4. The molecule has 0 aliphatic carbocycles. The Bertz CT molecular complexity index is 388. The summed E-state index contributed by atoms with van der Waals surface area (Å²) in [6.45, 7) is 5.96. The summed E-state index contributed by atoms with van der Waals surface area (Å²) in [5.41, 5.74) is 12.2. The molecule has 0 spiro atoms. The predicted octanol–water partition coefficient (Wildman–Crippen LogP) is 1.17. The highest BCUT2D eigenvalue weighted by molar-refractivity contribution is 7.80. The van der Waals surface area contributed by atoms with Gasteiger partial charge in [0.15, 0.2) is 5.11 Å². The second kappa shape index (κ2) is 5.60. The second-order valence-electron chi connectivity index (χ2n) is 3.74. The molecule has 88 valence electrons. The van der Waals surface area contributed by atoms with Crippen LogP contribution in [0.5, 0.6) is 0 Å². The van der Waals surface area contributed by atoms with E-state index in [2.05, 4.69) is 32.9 Å². The Morgan fingerprint density at radius 2 is 2.25 bits per heavy atom. The van der Waals surface area contributed by atoms with Crippen molar-refractivity contribution in [2.75, 3.05) is 0 Å². The fourth-order valence-electron chi connectivity index (χ4n) is 1.45. The predicted molar refractivity (Wildman–Crippen MR) is 69.4 cm³/mol. The van der Waals surface area contributed by atoms with Crippen molar-refractivity contribution in [2.45, 2.75) is 33.6 Å². The zero-order valence-corrected chi connectivity index (χ0v) is 10.6. The number of nitrogens with two attached hydrogens (primary N) is 1. The van der Waals surface area contributed by atoms with E-state index >= 15 is 0 Å². The molecule has 4 N–H and O–H groups in total. The highest BCUT2D eigenvalue weighted by Gasteiger charge is 2.06. The Kier molecular flexibility index (Phi) is 4.42. The number of rotatable bonds is 4. The fourth-order valence-corrected chi connectivity index (χ4v) is 1.50. The molecule has 0 fully saturated rings. The van der Waals surface area contributed by atoms with Gasteiger partial charge in [-0.05, 0) is 51.4 Å². The maximum absolute atomic E-state index is 5.28. The van der Waals surface area contributed by atoms with Crippen LogP contribution in [0, 0.1) is 13.8 Å². The van der Waals surface area contributed by atoms with Gasteiger partial charge in [0.2, 0.25) is 0 Å². The van der Waals surface area contributed by atoms with Crippen molar-refractivity contribution in [1.82, 2.24) is 15.6 Å². The van der Waals surface area contributed by atoms with Crippen LogP contribution < -0.4 is 11.2 Å². The summed E-state index contributed by atoms with van der Waals surface area (Å²) in [5.74, 6) is 0. The number of hydrogen-bond donors (Lipinski definition) is 3. The van der Waals surface area contributed by atoms with Crippen molar-refractivity contribution >= 4 is 23.0 Å². The molecule has 0 unspecified atom stereocenters. The molecular weight excluding hydrogens is 222 g/mol. The molecule has 16 heavy (non-hydrogen) atoms. The van der Waals surface area contributed by atoms with Crippen molar-refractivity contribution in [2.24, 2.45) is 10.8 Å². The zero-order valence-electron chi connectivity index (χ0n) is 9.79. The molecule has 1 aromatic heterocycles. The molecule has 0 amide bonds. The summed E-state index contributed by atoms with van der Waals surface area (Å²) < 4.78 is 0. The lowest BCUT2D eigenvalue weighted by molar-refractivity contribution is 0.957. The number of hydrazone groups is 1. The molecule has 0 saturated carbocycles. The second-order valence-corrected chi connectivity index (χ2v) is 4.18. The van der Waals surface area contributed by atoms with Gasteiger partial charge < -0.3 is 5.73 Å². The quantitative estimate of drug-likeness (QED) is 0.418. The van der Waals surface area contributed by atoms with Crippen molar-refractivity contribution in [3.8, 4) is 0 Å². The first-order chi connectivity index (χ1) is 7.50. The first kappa shape index (κ1) is 12.6. The number of nitrogens with one attached hydrogen (secondary N) is 2. The van der Waals surface area contributed by atoms with Crippen molar-refractivity contribution in [3.63, 3.8) is 0 Å². The fraction of sp³-hybridized carbons (Fsp3) is 0.500. The lowest BCUT2D eigenvalue weighted by Gasteiger charge is -2.02. The van der Waals surface area contributed by atoms with Crippen molar-refractivity contribution < 1.29 is 0 Å². The van der Waals surface area contributed by atoms with E-state index in [1.807, 2.05) is 20.8 Å². The normalized spacial score (nSPS) is 11.6. The number of aromatic amines is 1.